The Bertz CT molecular complexity index is 935. The van der Waals surface area contributed by atoms with Gasteiger partial charge in [0.1, 0.15) is 5.84 Å². The van der Waals surface area contributed by atoms with Crippen LogP contribution in [0.5, 0.6) is 0 Å². The number of rotatable bonds is 8. The number of nitrogens with one attached hydrogen (secondary N) is 2. The molecular formula is C21H23N5O2. The van der Waals surface area contributed by atoms with Crippen LogP contribution in [0.2, 0.25) is 0 Å². The molecule has 28 heavy (non-hydrogen) atoms. The van der Waals surface area contributed by atoms with Gasteiger partial charge in [-0.25, -0.2) is 4.68 Å². The highest BCUT2D eigenvalue weighted by Crippen LogP contribution is 2.18. The molecule has 1 amide bonds. The van der Waals surface area contributed by atoms with E-state index in [1.54, 1.807) is 18.3 Å². The fourth-order valence-electron chi connectivity index (χ4n) is 2.74. The number of carbonyl (C=O) groups is 1. The number of amides is 1. The van der Waals surface area contributed by atoms with Crippen LogP contribution in [0.1, 0.15) is 24.3 Å². The van der Waals surface area contributed by atoms with Gasteiger partial charge in [0.25, 0.3) is 5.91 Å². The average Bonchev–Trinajstić information content (AvgIpc) is 3.21. The molecule has 0 radical (unpaired) electrons. The van der Waals surface area contributed by atoms with Crippen LogP contribution in [0.3, 0.4) is 0 Å². The van der Waals surface area contributed by atoms with Gasteiger partial charge in [-0.1, -0.05) is 54.6 Å². The van der Waals surface area contributed by atoms with Gasteiger partial charge in [0.15, 0.2) is 0 Å². The molecular weight excluding hydrogens is 354 g/mol. The predicted molar refractivity (Wildman–Crippen MR) is 108 cm³/mol. The van der Waals surface area contributed by atoms with E-state index in [0.717, 1.165) is 16.8 Å². The van der Waals surface area contributed by atoms with Gasteiger partial charge in [0, 0.05) is 30.5 Å². The predicted octanol–water partition coefficient (Wildman–Crippen LogP) is 2.69. The van der Waals surface area contributed by atoms with Crippen molar-refractivity contribution in [3.8, 4) is 11.3 Å². The largest absolute Gasteiger partial charge is 0.384 e. The first-order chi connectivity index (χ1) is 13.6. The number of amidine groups is 1. The number of ether oxygens (including phenoxy) is 1. The lowest BCUT2D eigenvalue weighted by molar-refractivity contribution is -0.139. The van der Waals surface area contributed by atoms with Gasteiger partial charge < -0.3 is 15.8 Å². The molecule has 0 spiro atoms. The SMILES string of the molecule is CCO[C@@H](C(=O)NCc1ccc(C(=N)N)cc1)n1ccc(-c2ccccc2)n1. The molecule has 0 fully saturated rings. The number of nitrogens with zero attached hydrogens (tertiary/aromatic N) is 2. The molecule has 0 aliphatic carbocycles. The van der Waals surface area contributed by atoms with Gasteiger partial charge in [-0.2, -0.15) is 5.10 Å². The highest BCUT2D eigenvalue weighted by atomic mass is 16.5. The smallest absolute Gasteiger partial charge is 0.272 e. The topological polar surface area (TPSA) is 106 Å². The molecule has 2 aromatic carbocycles. The minimum atomic E-state index is -0.848. The Hall–Kier alpha value is -3.45. The van der Waals surface area contributed by atoms with Crippen molar-refractivity contribution < 1.29 is 9.53 Å². The summed E-state index contributed by atoms with van der Waals surface area (Å²) in [5, 5.41) is 14.8. The van der Waals surface area contributed by atoms with Crippen LogP contribution in [-0.4, -0.2) is 28.1 Å². The summed E-state index contributed by atoms with van der Waals surface area (Å²) >= 11 is 0. The summed E-state index contributed by atoms with van der Waals surface area (Å²) in [6.07, 6.45) is 0.892. The van der Waals surface area contributed by atoms with E-state index in [2.05, 4.69) is 10.4 Å². The zero-order valence-corrected chi connectivity index (χ0v) is 15.6. The Morgan fingerprint density at radius 3 is 2.54 bits per heavy atom. The first-order valence-electron chi connectivity index (χ1n) is 9.01. The molecule has 144 valence electrons. The molecule has 0 unspecified atom stereocenters. The van der Waals surface area contributed by atoms with Crippen molar-refractivity contribution in [2.45, 2.75) is 19.7 Å². The summed E-state index contributed by atoms with van der Waals surface area (Å²) in [5.74, 6) is -0.264. The maximum atomic E-state index is 12.7. The van der Waals surface area contributed by atoms with Crippen molar-refractivity contribution in [2.24, 2.45) is 5.73 Å². The molecule has 0 aliphatic rings. The Balaban J connectivity index is 1.68. The number of carbonyl (C=O) groups excluding carboxylic acids is 1. The second kappa shape index (κ2) is 8.96. The summed E-state index contributed by atoms with van der Waals surface area (Å²) in [5.41, 5.74) is 8.75. The van der Waals surface area contributed by atoms with Gasteiger partial charge >= 0.3 is 0 Å². The number of aromatic nitrogens is 2. The maximum absolute atomic E-state index is 12.7. The third kappa shape index (κ3) is 4.63. The molecule has 1 atom stereocenters. The number of benzene rings is 2. The van der Waals surface area contributed by atoms with Crippen LogP contribution >= 0.6 is 0 Å². The van der Waals surface area contributed by atoms with Crippen LogP contribution in [0.15, 0.2) is 66.9 Å². The van der Waals surface area contributed by atoms with Crippen molar-refractivity contribution in [2.75, 3.05) is 6.61 Å². The Morgan fingerprint density at radius 1 is 1.18 bits per heavy atom. The minimum absolute atomic E-state index is 0.0138. The van der Waals surface area contributed by atoms with Crippen molar-refractivity contribution in [1.29, 1.82) is 5.41 Å². The zero-order chi connectivity index (χ0) is 19.9. The van der Waals surface area contributed by atoms with Crippen LogP contribution in [-0.2, 0) is 16.1 Å². The van der Waals surface area contributed by atoms with E-state index in [9.17, 15) is 4.79 Å². The third-order valence-corrected chi connectivity index (χ3v) is 4.20. The lowest BCUT2D eigenvalue weighted by Gasteiger charge is -2.17. The normalized spacial score (nSPS) is 11.8. The van der Waals surface area contributed by atoms with E-state index in [-0.39, 0.29) is 11.7 Å². The number of nitrogen functional groups attached to an aromatic ring is 1. The molecule has 0 bridgehead atoms. The van der Waals surface area contributed by atoms with Gasteiger partial charge in [-0.05, 0) is 18.6 Å². The average molecular weight is 377 g/mol. The standard InChI is InChI=1S/C21H23N5O2/c1-2-28-21(26-13-12-18(25-26)16-6-4-3-5-7-16)20(27)24-14-15-8-10-17(11-9-15)19(22)23/h3-13,21H,2,14H2,1H3,(H3,22,23)(H,24,27)/t21-/m0/s1. The van der Waals surface area contributed by atoms with Gasteiger partial charge in [0.2, 0.25) is 6.23 Å². The molecule has 3 rings (SSSR count). The highest BCUT2D eigenvalue weighted by molar-refractivity contribution is 5.94. The summed E-state index contributed by atoms with van der Waals surface area (Å²) in [4.78, 5) is 12.7. The Kier molecular flexibility index (Phi) is 6.18. The summed E-state index contributed by atoms with van der Waals surface area (Å²) in [7, 11) is 0. The quantitative estimate of drug-likeness (QED) is 0.414. The summed E-state index contributed by atoms with van der Waals surface area (Å²) in [6.45, 7) is 2.56. The maximum Gasteiger partial charge on any atom is 0.272 e. The molecule has 7 heteroatoms. The van der Waals surface area contributed by atoms with Crippen LogP contribution in [0.25, 0.3) is 11.3 Å². The molecule has 0 aliphatic heterocycles. The van der Waals surface area contributed by atoms with Crippen molar-refractivity contribution in [1.82, 2.24) is 15.1 Å². The van der Waals surface area contributed by atoms with Gasteiger partial charge in [-0.3, -0.25) is 10.2 Å². The first kappa shape index (κ1) is 19.3. The minimum Gasteiger partial charge on any atom is -0.384 e. The van der Waals surface area contributed by atoms with Crippen LogP contribution < -0.4 is 11.1 Å². The molecule has 4 N–H and O–H groups in total. The van der Waals surface area contributed by atoms with Crippen LogP contribution in [0.4, 0.5) is 0 Å². The number of hydrogen-bond donors (Lipinski definition) is 3. The summed E-state index contributed by atoms with van der Waals surface area (Å²) < 4.78 is 7.15. The summed E-state index contributed by atoms with van der Waals surface area (Å²) in [6, 6.07) is 18.8. The second-order valence-corrected chi connectivity index (χ2v) is 6.18. The molecule has 0 saturated heterocycles. The molecule has 1 aromatic heterocycles. The van der Waals surface area contributed by atoms with E-state index in [0.29, 0.717) is 18.7 Å². The lowest BCUT2D eigenvalue weighted by atomic mass is 10.1. The Morgan fingerprint density at radius 2 is 1.89 bits per heavy atom. The van der Waals surface area contributed by atoms with E-state index in [4.69, 9.17) is 15.9 Å². The number of nitrogens with two attached hydrogens (primary N) is 1. The molecule has 1 heterocycles. The fraction of sp³-hybridized carbons (Fsp3) is 0.190. The molecule has 7 nitrogen and oxygen atoms in total. The van der Waals surface area contributed by atoms with E-state index in [1.807, 2.05) is 55.5 Å². The fourth-order valence-corrected chi connectivity index (χ4v) is 2.74. The third-order valence-electron chi connectivity index (χ3n) is 4.20. The van der Waals surface area contributed by atoms with Crippen molar-refractivity contribution in [3.05, 3.63) is 78.0 Å². The molecule has 3 aromatic rings. The van der Waals surface area contributed by atoms with E-state index in [1.165, 1.54) is 4.68 Å². The van der Waals surface area contributed by atoms with E-state index >= 15 is 0 Å². The van der Waals surface area contributed by atoms with Crippen LogP contribution in [0, 0.1) is 5.41 Å². The monoisotopic (exact) mass is 377 g/mol. The van der Waals surface area contributed by atoms with Crippen molar-refractivity contribution >= 4 is 11.7 Å². The highest BCUT2D eigenvalue weighted by Gasteiger charge is 2.21. The van der Waals surface area contributed by atoms with Gasteiger partial charge in [0.05, 0.1) is 5.69 Å². The number of hydrogen-bond acceptors (Lipinski definition) is 4. The van der Waals surface area contributed by atoms with Gasteiger partial charge in [-0.15, -0.1) is 0 Å². The zero-order valence-electron chi connectivity index (χ0n) is 15.6. The van der Waals surface area contributed by atoms with E-state index < -0.39 is 6.23 Å². The van der Waals surface area contributed by atoms with Crippen molar-refractivity contribution in [3.63, 3.8) is 0 Å². The lowest BCUT2D eigenvalue weighted by Crippen LogP contribution is -2.34. The first-order valence-corrected chi connectivity index (χ1v) is 9.01. The Labute approximate surface area is 163 Å². The second-order valence-electron chi connectivity index (χ2n) is 6.18. The molecule has 0 saturated carbocycles.